The molecule has 2 aliphatic rings. The number of halogens is 1. The summed E-state index contributed by atoms with van der Waals surface area (Å²) in [4.78, 5) is 15.1. The predicted molar refractivity (Wildman–Crippen MR) is 111 cm³/mol. The molecule has 2 aliphatic heterocycles. The zero-order chi connectivity index (χ0) is 21.0. The van der Waals surface area contributed by atoms with Crippen LogP contribution in [0.3, 0.4) is 0 Å². The fraction of sp³-hybridized carbons (Fsp3) is 0.947. The number of carbonyl (C=O) groups excluding carboxylic acids is 1. The van der Waals surface area contributed by atoms with Gasteiger partial charge in [0.2, 0.25) is 5.91 Å². The van der Waals surface area contributed by atoms with Crippen molar-refractivity contribution in [1.82, 2.24) is 10.2 Å². The van der Waals surface area contributed by atoms with Gasteiger partial charge in [0.1, 0.15) is 29.9 Å². The second-order valence-corrected chi connectivity index (χ2v) is 9.83. The van der Waals surface area contributed by atoms with Crippen LogP contribution in [-0.4, -0.2) is 93.3 Å². The zero-order valence-electron chi connectivity index (χ0n) is 17.1. The first kappa shape index (κ1) is 24.2. The Hall–Kier alpha value is -0.0900. The lowest BCUT2D eigenvalue weighted by Gasteiger charge is -2.43. The van der Waals surface area contributed by atoms with Gasteiger partial charge in [0, 0.05) is 11.9 Å². The molecule has 0 unspecified atom stereocenters. The number of rotatable bonds is 8. The van der Waals surface area contributed by atoms with E-state index in [-0.39, 0.29) is 17.3 Å². The highest BCUT2D eigenvalue weighted by molar-refractivity contribution is 7.99. The standard InChI is InChI=1S/C19H35ClN2O5S/c1-5-6-11-8-13(22(3)9-11)18(26)21-12(7-10(2)20)17-15(24)14(23)16(25)19(27-17)28-4/h10-17,19,23-25H,5-9H2,1-4H3,(H,21,26)/t10-,11+,12+,13-,14-,15+,16+,17+,19+/m0/s1. The maximum atomic E-state index is 13.0. The van der Waals surface area contributed by atoms with Crippen molar-refractivity contribution in [2.45, 2.75) is 86.8 Å². The van der Waals surface area contributed by atoms with Crippen LogP contribution in [0.1, 0.15) is 39.5 Å². The Morgan fingerprint density at radius 2 is 2.00 bits per heavy atom. The number of likely N-dealkylation sites (tertiary alicyclic amines) is 1. The number of ether oxygens (including phenoxy) is 1. The summed E-state index contributed by atoms with van der Waals surface area (Å²) in [5.41, 5.74) is -0.684. The van der Waals surface area contributed by atoms with Crippen LogP contribution in [0.2, 0.25) is 0 Å². The van der Waals surface area contributed by atoms with Crippen LogP contribution in [0, 0.1) is 5.92 Å². The second kappa shape index (κ2) is 10.8. The predicted octanol–water partition coefficient (Wildman–Crippen LogP) is 0.780. The Kier molecular flexibility index (Phi) is 9.32. The van der Waals surface area contributed by atoms with Crippen molar-refractivity contribution in [3.05, 3.63) is 0 Å². The monoisotopic (exact) mass is 438 g/mol. The summed E-state index contributed by atoms with van der Waals surface area (Å²) in [6.07, 6.45) is 0.445. The van der Waals surface area contributed by atoms with Crippen molar-refractivity contribution >= 4 is 29.3 Å². The first-order valence-electron chi connectivity index (χ1n) is 10.1. The molecule has 0 aliphatic carbocycles. The molecule has 0 aromatic carbocycles. The first-order chi connectivity index (χ1) is 13.2. The summed E-state index contributed by atoms with van der Waals surface area (Å²) in [7, 11) is 1.95. The van der Waals surface area contributed by atoms with Crippen molar-refractivity contribution in [2.24, 2.45) is 5.92 Å². The van der Waals surface area contributed by atoms with E-state index in [9.17, 15) is 20.1 Å². The molecule has 0 radical (unpaired) electrons. The van der Waals surface area contributed by atoms with Crippen LogP contribution in [0.25, 0.3) is 0 Å². The molecular weight excluding hydrogens is 404 g/mol. The summed E-state index contributed by atoms with van der Waals surface area (Å²) >= 11 is 7.45. The lowest BCUT2D eigenvalue weighted by atomic mass is 9.92. The highest BCUT2D eigenvalue weighted by atomic mass is 35.5. The fourth-order valence-electron chi connectivity index (χ4n) is 4.33. The summed E-state index contributed by atoms with van der Waals surface area (Å²) < 4.78 is 5.86. The van der Waals surface area contributed by atoms with Gasteiger partial charge in [0.25, 0.3) is 0 Å². The minimum atomic E-state index is -1.34. The highest BCUT2D eigenvalue weighted by Gasteiger charge is 2.47. The molecular formula is C19H35ClN2O5S. The van der Waals surface area contributed by atoms with Crippen molar-refractivity contribution in [3.63, 3.8) is 0 Å². The molecule has 2 heterocycles. The van der Waals surface area contributed by atoms with E-state index in [0.717, 1.165) is 25.8 Å². The Balaban J connectivity index is 2.11. The third kappa shape index (κ3) is 5.74. The van der Waals surface area contributed by atoms with Crippen molar-refractivity contribution in [3.8, 4) is 0 Å². The normalized spacial score (nSPS) is 38.9. The Labute approximate surface area is 177 Å². The topological polar surface area (TPSA) is 102 Å². The average molecular weight is 439 g/mol. The minimum Gasteiger partial charge on any atom is -0.388 e. The van der Waals surface area contributed by atoms with E-state index >= 15 is 0 Å². The summed E-state index contributed by atoms with van der Waals surface area (Å²) in [6.45, 7) is 4.85. The summed E-state index contributed by atoms with van der Waals surface area (Å²) in [5, 5.41) is 33.6. The molecule has 9 atom stereocenters. The molecule has 1 amide bonds. The van der Waals surface area contributed by atoms with E-state index in [4.69, 9.17) is 16.3 Å². The SMILES string of the molecule is CCC[C@@H]1C[C@@H](C(=O)N[C@H](C[C@H](C)Cl)[C@H]2O[C@H](SC)[C@H](O)[C@@H](O)[C@H]2O)N(C)C1. The van der Waals surface area contributed by atoms with Gasteiger partial charge < -0.3 is 25.4 Å². The van der Waals surface area contributed by atoms with E-state index in [1.54, 1.807) is 6.26 Å². The van der Waals surface area contributed by atoms with Crippen LogP contribution >= 0.6 is 23.4 Å². The number of hydrogen-bond donors (Lipinski definition) is 4. The van der Waals surface area contributed by atoms with Gasteiger partial charge in [-0.3, -0.25) is 9.69 Å². The van der Waals surface area contributed by atoms with Gasteiger partial charge in [0.15, 0.2) is 0 Å². The van der Waals surface area contributed by atoms with E-state index in [0.29, 0.717) is 12.3 Å². The number of alkyl halides is 1. The Bertz CT molecular complexity index is 513. The number of carbonyl (C=O) groups is 1. The largest absolute Gasteiger partial charge is 0.388 e. The number of nitrogens with one attached hydrogen (secondary N) is 1. The number of amides is 1. The van der Waals surface area contributed by atoms with Crippen LogP contribution < -0.4 is 5.32 Å². The van der Waals surface area contributed by atoms with E-state index in [1.807, 2.05) is 14.0 Å². The number of nitrogens with zero attached hydrogens (tertiary/aromatic N) is 1. The molecule has 164 valence electrons. The van der Waals surface area contributed by atoms with Gasteiger partial charge in [0.05, 0.1) is 12.1 Å². The van der Waals surface area contributed by atoms with Gasteiger partial charge in [-0.05, 0) is 45.4 Å². The lowest BCUT2D eigenvalue weighted by molar-refractivity contribution is -0.205. The summed E-state index contributed by atoms with van der Waals surface area (Å²) in [6, 6.07) is -0.789. The van der Waals surface area contributed by atoms with Gasteiger partial charge in [-0.1, -0.05) is 13.3 Å². The van der Waals surface area contributed by atoms with Gasteiger partial charge in [-0.2, -0.15) is 0 Å². The molecule has 28 heavy (non-hydrogen) atoms. The molecule has 0 saturated carbocycles. The average Bonchev–Trinajstić information content (AvgIpc) is 3.00. The second-order valence-electron chi connectivity index (χ2n) is 8.15. The summed E-state index contributed by atoms with van der Waals surface area (Å²) in [5.74, 6) is 0.394. The van der Waals surface area contributed by atoms with Gasteiger partial charge >= 0.3 is 0 Å². The molecule has 0 aromatic rings. The molecule has 0 bridgehead atoms. The van der Waals surface area contributed by atoms with Crippen molar-refractivity contribution < 1.29 is 24.9 Å². The molecule has 4 N–H and O–H groups in total. The van der Waals surface area contributed by atoms with E-state index in [1.165, 1.54) is 11.8 Å². The minimum absolute atomic E-state index is 0.111. The van der Waals surface area contributed by atoms with Crippen LogP contribution in [0.15, 0.2) is 0 Å². The quantitative estimate of drug-likeness (QED) is 0.415. The van der Waals surface area contributed by atoms with E-state index < -0.39 is 35.9 Å². The van der Waals surface area contributed by atoms with Crippen molar-refractivity contribution in [2.75, 3.05) is 19.8 Å². The van der Waals surface area contributed by atoms with Crippen LogP contribution in [-0.2, 0) is 9.53 Å². The third-order valence-corrected chi connectivity index (χ3v) is 6.81. The Morgan fingerprint density at radius 3 is 2.57 bits per heavy atom. The molecule has 2 saturated heterocycles. The van der Waals surface area contributed by atoms with Gasteiger partial charge in [-0.15, -0.1) is 23.4 Å². The van der Waals surface area contributed by atoms with Crippen LogP contribution in [0.5, 0.6) is 0 Å². The number of aliphatic hydroxyl groups is 3. The lowest BCUT2D eigenvalue weighted by Crippen LogP contribution is -2.63. The zero-order valence-corrected chi connectivity index (χ0v) is 18.7. The molecule has 2 rings (SSSR count). The molecule has 7 nitrogen and oxygen atoms in total. The first-order valence-corrected chi connectivity index (χ1v) is 11.8. The van der Waals surface area contributed by atoms with E-state index in [2.05, 4.69) is 17.1 Å². The molecule has 9 heteroatoms. The Morgan fingerprint density at radius 1 is 1.32 bits per heavy atom. The smallest absolute Gasteiger partial charge is 0.237 e. The number of likely N-dealkylation sites (N-methyl/N-ethyl adjacent to an activating group) is 1. The number of thioether (sulfide) groups is 1. The maximum absolute atomic E-state index is 13.0. The fourth-order valence-corrected chi connectivity index (χ4v) is 5.21. The molecule has 2 fully saturated rings. The molecule has 0 spiro atoms. The third-order valence-electron chi connectivity index (χ3n) is 5.78. The van der Waals surface area contributed by atoms with Gasteiger partial charge in [-0.25, -0.2) is 0 Å². The maximum Gasteiger partial charge on any atom is 0.237 e. The molecule has 0 aromatic heterocycles. The van der Waals surface area contributed by atoms with Crippen molar-refractivity contribution in [1.29, 1.82) is 0 Å². The number of hydrogen-bond acceptors (Lipinski definition) is 7. The highest BCUT2D eigenvalue weighted by Crippen LogP contribution is 2.31. The number of aliphatic hydroxyl groups excluding tert-OH is 3. The van der Waals surface area contributed by atoms with Crippen LogP contribution in [0.4, 0.5) is 0 Å².